The molecule has 0 saturated carbocycles. The number of hydrogen-bond donors (Lipinski definition) is 1. The van der Waals surface area contributed by atoms with E-state index >= 15 is 0 Å². The van der Waals surface area contributed by atoms with Crippen LogP contribution in [0.15, 0.2) is 12.7 Å². The molecular formula is C9H20NSi. The zero-order valence-corrected chi connectivity index (χ0v) is 8.98. The first-order valence-corrected chi connectivity index (χ1v) is 7.08. The van der Waals surface area contributed by atoms with Gasteiger partial charge in [0.25, 0.3) is 0 Å². The summed E-state index contributed by atoms with van der Waals surface area (Å²) in [5, 5.41) is 0. The second-order valence-corrected chi connectivity index (χ2v) is 7.86. The van der Waals surface area contributed by atoms with Gasteiger partial charge >= 0.3 is 0 Å². The van der Waals surface area contributed by atoms with Gasteiger partial charge in [-0.25, -0.2) is 0 Å². The number of nitrogens with one attached hydrogen (secondary N) is 1. The SMILES string of the molecule is C=C[CH]N[Si](CC)(CC)CC. The molecule has 0 aliphatic heterocycles. The maximum Gasteiger partial charge on any atom is 0.125 e. The van der Waals surface area contributed by atoms with Crippen molar-refractivity contribution in [3.8, 4) is 0 Å². The topological polar surface area (TPSA) is 12.0 Å². The number of rotatable bonds is 6. The summed E-state index contributed by atoms with van der Waals surface area (Å²) in [6.45, 7) is 12.5. The summed E-state index contributed by atoms with van der Waals surface area (Å²) in [5.41, 5.74) is 0. The molecule has 2 heteroatoms. The molecule has 0 amide bonds. The predicted molar refractivity (Wildman–Crippen MR) is 54.8 cm³/mol. The zero-order chi connectivity index (χ0) is 8.74. The summed E-state index contributed by atoms with van der Waals surface area (Å²) in [6.07, 6.45) is 1.84. The van der Waals surface area contributed by atoms with Gasteiger partial charge < -0.3 is 4.98 Å². The molecule has 0 rings (SSSR count). The van der Waals surface area contributed by atoms with Crippen LogP contribution in [-0.2, 0) is 0 Å². The van der Waals surface area contributed by atoms with Crippen LogP contribution in [0, 0.1) is 6.54 Å². The lowest BCUT2D eigenvalue weighted by atomic mass is 10.7. The summed E-state index contributed by atoms with van der Waals surface area (Å²) in [6, 6.07) is 3.93. The monoisotopic (exact) mass is 170 g/mol. The first kappa shape index (κ1) is 10.9. The minimum absolute atomic E-state index is 1.12. The molecular weight excluding hydrogens is 150 g/mol. The van der Waals surface area contributed by atoms with Crippen LogP contribution in [0.1, 0.15) is 20.8 Å². The van der Waals surface area contributed by atoms with Crippen molar-refractivity contribution in [3.63, 3.8) is 0 Å². The van der Waals surface area contributed by atoms with Crippen molar-refractivity contribution >= 4 is 8.24 Å². The van der Waals surface area contributed by atoms with Crippen molar-refractivity contribution in [2.75, 3.05) is 0 Å². The van der Waals surface area contributed by atoms with Crippen molar-refractivity contribution in [2.45, 2.75) is 38.9 Å². The molecule has 11 heavy (non-hydrogen) atoms. The Labute approximate surface area is 72.0 Å². The van der Waals surface area contributed by atoms with E-state index in [4.69, 9.17) is 0 Å². The normalized spacial score (nSPS) is 11.5. The lowest BCUT2D eigenvalue weighted by molar-refractivity contribution is 1.03. The van der Waals surface area contributed by atoms with Gasteiger partial charge in [0, 0.05) is 6.54 Å². The maximum atomic E-state index is 3.67. The first-order valence-electron chi connectivity index (χ1n) is 4.46. The minimum Gasteiger partial charge on any atom is -0.329 e. The summed E-state index contributed by atoms with van der Waals surface area (Å²) >= 11 is 0. The first-order chi connectivity index (χ1) is 5.24. The molecule has 1 N–H and O–H groups in total. The Balaban J connectivity index is 3.93. The Kier molecular flexibility index (Phi) is 5.51. The summed E-state index contributed by atoms with van der Waals surface area (Å²) in [7, 11) is -1.12. The third kappa shape index (κ3) is 3.21. The largest absolute Gasteiger partial charge is 0.329 e. The van der Waals surface area contributed by atoms with Gasteiger partial charge in [-0.2, -0.15) is 0 Å². The molecule has 0 aromatic rings. The maximum absolute atomic E-state index is 3.67. The molecule has 0 heterocycles. The molecule has 0 aliphatic carbocycles. The third-order valence-electron chi connectivity index (χ3n) is 2.54. The highest BCUT2D eigenvalue weighted by atomic mass is 28.3. The van der Waals surface area contributed by atoms with Crippen LogP contribution >= 0.6 is 0 Å². The van der Waals surface area contributed by atoms with Gasteiger partial charge in [0.15, 0.2) is 0 Å². The fourth-order valence-electron chi connectivity index (χ4n) is 1.29. The highest BCUT2D eigenvalue weighted by molar-refractivity contribution is 6.77. The molecule has 0 atom stereocenters. The van der Waals surface area contributed by atoms with Crippen molar-refractivity contribution in [3.05, 3.63) is 19.2 Å². The van der Waals surface area contributed by atoms with E-state index in [0.29, 0.717) is 0 Å². The van der Waals surface area contributed by atoms with Crippen LogP contribution in [0.2, 0.25) is 18.1 Å². The van der Waals surface area contributed by atoms with Gasteiger partial charge in [0.2, 0.25) is 0 Å². The second kappa shape index (κ2) is 5.55. The molecule has 0 aromatic heterocycles. The van der Waals surface area contributed by atoms with E-state index in [9.17, 15) is 0 Å². The van der Waals surface area contributed by atoms with Gasteiger partial charge in [-0.3, -0.25) is 0 Å². The quantitative estimate of drug-likeness (QED) is 0.604. The fourth-order valence-corrected chi connectivity index (χ4v) is 3.88. The lowest BCUT2D eigenvalue weighted by Crippen LogP contribution is -2.46. The van der Waals surface area contributed by atoms with Gasteiger partial charge in [0.1, 0.15) is 8.24 Å². The third-order valence-corrected chi connectivity index (χ3v) is 7.38. The van der Waals surface area contributed by atoms with E-state index in [1.54, 1.807) is 0 Å². The van der Waals surface area contributed by atoms with Gasteiger partial charge in [-0.15, -0.1) is 6.58 Å². The average Bonchev–Trinajstić information content (AvgIpc) is 2.08. The predicted octanol–water partition coefficient (Wildman–Crippen LogP) is 2.93. The van der Waals surface area contributed by atoms with Crippen LogP contribution in [0.25, 0.3) is 0 Å². The molecule has 1 radical (unpaired) electrons. The fraction of sp³-hybridized carbons (Fsp3) is 0.667. The molecule has 1 nitrogen and oxygen atoms in total. The Morgan fingerprint density at radius 3 is 1.91 bits per heavy atom. The Morgan fingerprint density at radius 1 is 1.18 bits per heavy atom. The van der Waals surface area contributed by atoms with E-state index in [1.165, 1.54) is 18.1 Å². The van der Waals surface area contributed by atoms with E-state index in [1.807, 2.05) is 12.6 Å². The van der Waals surface area contributed by atoms with Crippen LogP contribution in [0.4, 0.5) is 0 Å². The van der Waals surface area contributed by atoms with Gasteiger partial charge in [-0.05, 0) is 18.1 Å². The van der Waals surface area contributed by atoms with E-state index < -0.39 is 8.24 Å². The van der Waals surface area contributed by atoms with E-state index in [2.05, 4.69) is 32.3 Å². The second-order valence-electron chi connectivity index (χ2n) is 2.89. The van der Waals surface area contributed by atoms with Crippen molar-refractivity contribution in [1.29, 1.82) is 0 Å². The van der Waals surface area contributed by atoms with Crippen molar-refractivity contribution in [2.24, 2.45) is 0 Å². The van der Waals surface area contributed by atoms with Crippen molar-refractivity contribution in [1.82, 2.24) is 4.98 Å². The van der Waals surface area contributed by atoms with Crippen LogP contribution < -0.4 is 4.98 Å². The lowest BCUT2D eigenvalue weighted by Gasteiger charge is -2.28. The number of hydrogen-bond acceptors (Lipinski definition) is 1. The Hall–Kier alpha value is -0.0831. The summed E-state index contributed by atoms with van der Waals surface area (Å²) < 4.78 is 0. The zero-order valence-electron chi connectivity index (χ0n) is 7.98. The van der Waals surface area contributed by atoms with Gasteiger partial charge in [-0.1, -0.05) is 26.8 Å². The molecule has 0 unspecified atom stereocenters. The van der Waals surface area contributed by atoms with Crippen LogP contribution in [0.5, 0.6) is 0 Å². The molecule has 0 fully saturated rings. The van der Waals surface area contributed by atoms with E-state index in [0.717, 1.165) is 0 Å². The van der Waals surface area contributed by atoms with Crippen LogP contribution in [-0.4, -0.2) is 8.24 Å². The highest BCUT2D eigenvalue weighted by Gasteiger charge is 2.25. The average molecular weight is 170 g/mol. The Morgan fingerprint density at radius 2 is 1.64 bits per heavy atom. The van der Waals surface area contributed by atoms with E-state index in [-0.39, 0.29) is 0 Å². The molecule has 0 saturated heterocycles. The highest BCUT2D eigenvalue weighted by Crippen LogP contribution is 2.16. The molecule has 0 aliphatic rings. The molecule has 0 aromatic carbocycles. The molecule has 65 valence electrons. The van der Waals surface area contributed by atoms with Gasteiger partial charge in [0.05, 0.1) is 0 Å². The summed E-state index contributed by atoms with van der Waals surface area (Å²) in [5.74, 6) is 0. The molecule has 0 spiro atoms. The molecule has 0 bridgehead atoms. The van der Waals surface area contributed by atoms with Crippen molar-refractivity contribution < 1.29 is 0 Å². The summed E-state index contributed by atoms with van der Waals surface area (Å²) in [4.78, 5) is 3.53. The van der Waals surface area contributed by atoms with Crippen LogP contribution in [0.3, 0.4) is 0 Å². The smallest absolute Gasteiger partial charge is 0.125 e. The Bertz CT molecular complexity index is 99.9. The standard InChI is InChI=1S/C9H20NSi/c1-5-9-10-11(6-2,7-3)8-4/h5,9-10H,1,6-8H2,2-4H3. The minimum atomic E-state index is -1.12.